The molecule has 2 aromatic carbocycles. The number of nitrogens with zero attached hydrogens (tertiary/aromatic N) is 3. The molecule has 0 aliphatic rings. The predicted octanol–water partition coefficient (Wildman–Crippen LogP) is 4.10. The maximum atomic E-state index is 13.1. The van der Waals surface area contributed by atoms with E-state index in [9.17, 15) is 4.79 Å². The Kier molecular flexibility index (Phi) is 7.22. The van der Waals surface area contributed by atoms with E-state index in [1.165, 1.54) is 11.8 Å². The topological polar surface area (TPSA) is 69.0 Å². The number of anilines is 1. The lowest BCUT2D eigenvalue weighted by Crippen LogP contribution is -2.19. The van der Waals surface area contributed by atoms with Crippen molar-refractivity contribution >= 4 is 23.4 Å². The number of aryl methyl sites for hydroxylation is 2. The number of carbonyl (C=O) groups is 1. The molecule has 1 atom stereocenters. The van der Waals surface area contributed by atoms with Crippen molar-refractivity contribution in [2.24, 2.45) is 0 Å². The first-order valence-corrected chi connectivity index (χ1v) is 10.0. The summed E-state index contributed by atoms with van der Waals surface area (Å²) in [5.74, 6) is -0.0912. The standard InChI is InChI=1S/C21H24N4O2S/c1-16-9-11-18(12-10-16)23-20(26)19(17-7-4-3-5-8-17)28-21-24-22-15-25(21)13-6-14-27-2/h3-5,7-12,15,19H,6,13-14H2,1-2H3,(H,23,26). The number of thioether (sulfide) groups is 1. The Morgan fingerprint density at radius 2 is 1.93 bits per heavy atom. The second-order valence-corrected chi connectivity index (χ2v) is 7.49. The van der Waals surface area contributed by atoms with Gasteiger partial charge in [0.05, 0.1) is 0 Å². The lowest BCUT2D eigenvalue weighted by molar-refractivity contribution is -0.115. The molecule has 3 rings (SSSR count). The van der Waals surface area contributed by atoms with Gasteiger partial charge in [-0.2, -0.15) is 0 Å². The summed E-state index contributed by atoms with van der Waals surface area (Å²) in [7, 11) is 1.68. The SMILES string of the molecule is COCCCn1cnnc1SC(C(=O)Nc1ccc(C)cc1)c1ccccc1. The number of aromatic nitrogens is 3. The molecule has 0 bridgehead atoms. The highest BCUT2D eigenvalue weighted by atomic mass is 32.2. The number of amides is 1. The molecule has 0 saturated carbocycles. The molecule has 1 N–H and O–H groups in total. The highest BCUT2D eigenvalue weighted by Crippen LogP contribution is 2.35. The summed E-state index contributed by atoms with van der Waals surface area (Å²) >= 11 is 1.40. The van der Waals surface area contributed by atoms with Gasteiger partial charge in [0.15, 0.2) is 5.16 Å². The summed E-state index contributed by atoms with van der Waals surface area (Å²) in [6, 6.07) is 17.5. The summed E-state index contributed by atoms with van der Waals surface area (Å²) in [4.78, 5) is 13.1. The third kappa shape index (κ3) is 5.43. The molecule has 0 aliphatic carbocycles. The Hall–Kier alpha value is -2.64. The number of methoxy groups -OCH3 is 1. The zero-order valence-electron chi connectivity index (χ0n) is 16.0. The Bertz CT molecular complexity index is 881. The molecule has 3 aromatic rings. The first-order chi connectivity index (χ1) is 13.7. The van der Waals surface area contributed by atoms with Crippen LogP contribution in [0.3, 0.4) is 0 Å². The van der Waals surface area contributed by atoms with Gasteiger partial charge in [0.2, 0.25) is 5.91 Å². The van der Waals surface area contributed by atoms with Crippen molar-refractivity contribution in [2.45, 2.75) is 30.3 Å². The minimum Gasteiger partial charge on any atom is -0.385 e. The summed E-state index contributed by atoms with van der Waals surface area (Å²) in [6.45, 7) is 3.42. The fourth-order valence-corrected chi connectivity index (χ4v) is 3.76. The van der Waals surface area contributed by atoms with Crippen LogP contribution in [0, 0.1) is 6.92 Å². The van der Waals surface area contributed by atoms with Crippen molar-refractivity contribution in [1.82, 2.24) is 14.8 Å². The number of nitrogens with one attached hydrogen (secondary N) is 1. The fourth-order valence-electron chi connectivity index (χ4n) is 2.72. The molecular formula is C21H24N4O2S. The van der Waals surface area contributed by atoms with E-state index < -0.39 is 5.25 Å². The zero-order chi connectivity index (χ0) is 19.8. The summed E-state index contributed by atoms with van der Waals surface area (Å²) < 4.78 is 7.08. The molecule has 0 fully saturated rings. The van der Waals surface area contributed by atoms with Crippen LogP contribution in [0.1, 0.15) is 22.8 Å². The Balaban J connectivity index is 1.79. The molecule has 0 saturated heterocycles. The summed E-state index contributed by atoms with van der Waals surface area (Å²) in [5.41, 5.74) is 2.85. The Morgan fingerprint density at radius 1 is 1.18 bits per heavy atom. The normalized spacial score (nSPS) is 11.9. The Labute approximate surface area is 169 Å². The number of benzene rings is 2. The second-order valence-electron chi connectivity index (χ2n) is 6.42. The van der Waals surface area contributed by atoms with Gasteiger partial charge in [-0.05, 0) is 31.0 Å². The Morgan fingerprint density at radius 3 is 2.64 bits per heavy atom. The maximum absolute atomic E-state index is 13.1. The average Bonchev–Trinajstić information content (AvgIpc) is 3.16. The van der Waals surface area contributed by atoms with Gasteiger partial charge >= 0.3 is 0 Å². The fraction of sp³-hybridized carbons (Fsp3) is 0.286. The van der Waals surface area contributed by atoms with Crippen LogP contribution in [0.25, 0.3) is 0 Å². The van der Waals surface area contributed by atoms with Crippen molar-refractivity contribution in [1.29, 1.82) is 0 Å². The highest BCUT2D eigenvalue weighted by Gasteiger charge is 2.24. The molecule has 0 aliphatic heterocycles. The van der Waals surface area contributed by atoms with Crippen molar-refractivity contribution in [3.63, 3.8) is 0 Å². The van der Waals surface area contributed by atoms with Gasteiger partial charge in [0.1, 0.15) is 11.6 Å². The first kappa shape index (κ1) is 20.1. The van der Waals surface area contributed by atoms with Crippen LogP contribution in [0.15, 0.2) is 66.1 Å². The van der Waals surface area contributed by atoms with Gasteiger partial charge in [0.25, 0.3) is 0 Å². The quantitative estimate of drug-likeness (QED) is 0.436. The molecule has 1 heterocycles. The van der Waals surface area contributed by atoms with E-state index in [1.54, 1.807) is 13.4 Å². The van der Waals surface area contributed by atoms with E-state index in [4.69, 9.17) is 4.74 Å². The van der Waals surface area contributed by atoms with Crippen LogP contribution in [0.5, 0.6) is 0 Å². The molecule has 1 aromatic heterocycles. The molecule has 0 radical (unpaired) electrons. The lowest BCUT2D eigenvalue weighted by Gasteiger charge is -2.17. The van der Waals surface area contributed by atoms with Crippen molar-refractivity contribution < 1.29 is 9.53 Å². The molecule has 6 nitrogen and oxygen atoms in total. The lowest BCUT2D eigenvalue weighted by atomic mass is 10.1. The zero-order valence-corrected chi connectivity index (χ0v) is 16.9. The van der Waals surface area contributed by atoms with Gasteiger partial charge in [-0.15, -0.1) is 10.2 Å². The molecule has 1 amide bonds. The van der Waals surface area contributed by atoms with Gasteiger partial charge in [-0.25, -0.2) is 0 Å². The molecule has 7 heteroatoms. The molecule has 28 heavy (non-hydrogen) atoms. The van der Waals surface area contributed by atoms with E-state index in [0.717, 1.165) is 29.8 Å². The third-order valence-electron chi connectivity index (χ3n) is 4.21. The van der Waals surface area contributed by atoms with E-state index in [2.05, 4.69) is 15.5 Å². The summed E-state index contributed by atoms with van der Waals surface area (Å²) in [6.07, 6.45) is 2.55. The second kappa shape index (κ2) is 10.1. The minimum absolute atomic E-state index is 0.0912. The molecule has 1 unspecified atom stereocenters. The van der Waals surface area contributed by atoms with Gasteiger partial charge in [-0.1, -0.05) is 59.8 Å². The first-order valence-electron chi connectivity index (χ1n) is 9.13. The predicted molar refractivity (Wildman–Crippen MR) is 111 cm³/mol. The van der Waals surface area contributed by atoms with Crippen LogP contribution in [-0.2, 0) is 16.1 Å². The van der Waals surface area contributed by atoms with E-state index in [1.807, 2.05) is 66.1 Å². The van der Waals surface area contributed by atoms with Crippen LogP contribution < -0.4 is 5.32 Å². The summed E-state index contributed by atoms with van der Waals surface area (Å²) in [5, 5.41) is 11.5. The van der Waals surface area contributed by atoms with Gasteiger partial charge in [-0.3, -0.25) is 4.79 Å². The van der Waals surface area contributed by atoms with Crippen molar-refractivity contribution in [3.8, 4) is 0 Å². The highest BCUT2D eigenvalue weighted by molar-refractivity contribution is 8.00. The van der Waals surface area contributed by atoms with Crippen LogP contribution in [0.4, 0.5) is 5.69 Å². The van der Waals surface area contributed by atoms with Crippen molar-refractivity contribution in [2.75, 3.05) is 19.0 Å². The largest absolute Gasteiger partial charge is 0.385 e. The van der Waals surface area contributed by atoms with Gasteiger partial charge in [0, 0.05) is 25.9 Å². The van der Waals surface area contributed by atoms with Crippen molar-refractivity contribution in [3.05, 3.63) is 72.1 Å². The smallest absolute Gasteiger partial charge is 0.242 e. The van der Waals surface area contributed by atoms with E-state index >= 15 is 0 Å². The maximum Gasteiger partial charge on any atom is 0.242 e. The molecule has 146 valence electrons. The third-order valence-corrected chi connectivity index (χ3v) is 5.46. The number of hydrogen-bond acceptors (Lipinski definition) is 5. The van der Waals surface area contributed by atoms with Crippen LogP contribution in [-0.4, -0.2) is 34.4 Å². The molecular weight excluding hydrogens is 372 g/mol. The van der Waals surface area contributed by atoms with E-state index in [0.29, 0.717) is 11.8 Å². The van der Waals surface area contributed by atoms with Crippen LogP contribution in [0.2, 0.25) is 0 Å². The number of hydrogen-bond donors (Lipinski definition) is 1. The monoisotopic (exact) mass is 396 g/mol. The van der Waals surface area contributed by atoms with Crippen LogP contribution >= 0.6 is 11.8 Å². The molecule has 0 spiro atoms. The van der Waals surface area contributed by atoms with Gasteiger partial charge < -0.3 is 14.6 Å². The average molecular weight is 397 g/mol. The number of ether oxygens (including phenoxy) is 1. The minimum atomic E-state index is -0.437. The number of carbonyl (C=O) groups excluding carboxylic acids is 1. The number of rotatable bonds is 9. The van der Waals surface area contributed by atoms with E-state index in [-0.39, 0.29) is 5.91 Å².